The predicted molar refractivity (Wildman–Crippen MR) is 67.5 cm³/mol. The van der Waals surface area contributed by atoms with E-state index in [4.69, 9.17) is 9.47 Å². The number of benzene rings is 1. The third-order valence-corrected chi connectivity index (χ3v) is 3.72. The molecule has 1 aromatic rings. The molecule has 1 amide bonds. The molecule has 3 rings (SSSR count). The van der Waals surface area contributed by atoms with E-state index >= 15 is 0 Å². The van der Waals surface area contributed by atoms with Crippen molar-refractivity contribution in [2.75, 3.05) is 13.2 Å². The van der Waals surface area contributed by atoms with E-state index in [1.807, 2.05) is 0 Å². The molecule has 4 atom stereocenters. The number of carbonyl (C=O) groups is 1. The normalized spacial score (nSPS) is 31.2. The third kappa shape index (κ3) is 2.90. The summed E-state index contributed by atoms with van der Waals surface area (Å²) in [6, 6.07) is 3.01. The molecule has 5 nitrogen and oxygen atoms in total. The highest BCUT2D eigenvalue weighted by molar-refractivity contribution is 5.79. The molecule has 0 aromatic heterocycles. The number of hydrogen-bond donors (Lipinski definition) is 2. The zero-order valence-electron chi connectivity index (χ0n) is 11.1. The average molecular weight is 299 g/mol. The molecule has 0 bridgehead atoms. The number of hydrogen-bond acceptors (Lipinski definition) is 4. The molecule has 0 radical (unpaired) electrons. The quantitative estimate of drug-likeness (QED) is 0.834. The Bertz CT molecular complexity index is 554. The summed E-state index contributed by atoms with van der Waals surface area (Å²) < 4.78 is 36.7. The van der Waals surface area contributed by atoms with Crippen LogP contribution in [0.1, 0.15) is 5.56 Å². The van der Waals surface area contributed by atoms with E-state index in [9.17, 15) is 18.7 Å². The van der Waals surface area contributed by atoms with Crippen LogP contribution in [0, 0.1) is 11.6 Å². The van der Waals surface area contributed by atoms with Gasteiger partial charge in [0.2, 0.25) is 5.91 Å². The number of rotatable bonds is 3. The molecule has 2 heterocycles. The minimum atomic E-state index is -0.980. The number of aliphatic hydroxyl groups excluding tert-OH is 1. The first-order valence-corrected chi connectivity index (χ1v) is 6.69. The first-order chi connectivity index (χ1) is 10.0. The number of carbonyl (C=O) groups excluding carboxylic acids is 1. The molecular weight excluding hydrogens is 284 g/mol. The highest BCUT2D eigenvalue weighted by Crippen LogP contribution is 2.26. The second-order valence-electron chi connectivity index (χ2n) is 5.26. The summed E-state index contributed by atoms with van der Waals surface area (Å²) >= 11 is 0. The van der Waals surface area contributed by atoms with Gasteiger partial charge in [-0.25, -0.2) is 8.78 Å². The van der Waals surface area contributed by atoms with E-state index in [1.165, 1.54) is 6.07 Å². The maximum Gasteiger partial charge on any atom is 0.224 e. The highest BCUT2D eigenvalue weighted by Gasteiger charge is 2.47. The molecule has 2 aliphatic rings. The van der Waals surface area contributed by atoms with Gasteiger partial charge in [0.05, 0.1) is 25.7 Å². The molecule has 0 spiro atoms. The lowest BCUT2D eigenvalue weighted by atomic mass is 10.1. The predicted octanol–water partition coefficient (Wildman–Crippen LogP) is 0.151. The third-order valence-electron chi connectivity index (χ3n) is 3.72. The number of amides is 1. The van der Waals surface area contributed by atoms with Gasteiger partial charge in [-0.3, -0.25) is 4.79 Å². The smallest absolute Gasteiger partial charge is 0.224 e. The maximum absolute atomic E-state index is 13.1. The Balaban J connectivity index is 1.58. The molecular formula is C14H15F2NO4. The van der Waals surface area contributed by atoms with E-state index < -0.39 is 23.8 Å². The Morgan fingerprint density at radius 1 is 1.24 bits per heavy atom. The Hall–Kier alpha value is -1.57. The van der Waals surface area contributed by atoms with Crippen LogP contribution in [0.4, 0.5) is 8.78 Å². The lowest BCUT2D eigenvalue weighted by molar-refractivity contribution is -0.121. The minimum absolute atomic E-state index is 0.0619. The summed E-state index contributed by atoms with van der Waals surface area (Å²) in [5.74, 6) is -2.26. The largest absolute Gasteiger partial charge is 0.388 e. The van der Waals surface area contributed by atoms with Gasteiger partial charge < -0.3 is 19.9 Å². The van der Waals surface area contributed by atoms with Gasteiger partial charge >= 0.3 is 0 Å². The molecule has 7 heteroatoms. The Labute approximate surface area is 119 Å². The average Bonchev–Trinajstić information content (AvgIpc) is 2.99. The van der Waals surface area contributed by atoms with Gasteiger partial charge in [0.25, 0.3) is 0 Å². The van der Waals surface area contributed by atoms with E-state index in [-0.39, 0.29) is 37.7 Å². The Morgan fingerprint density at radius 2 is 2.00 bits per heavy atom. The molecule has 0 unspecified atom stereocenters. The molecule has 0 saturated carbocycles. The number of fused-ring (bicyclic) bond motifs is 1. The van der Waals surface area contributed by atoms with Crippen LogP contribution in [0.2, 0.25) is 0 Å². The SMILES string of the molecule is O=C(Cc1ccc(F)c(F)c1)N[C@H]1CO[C@H]2[C@@H]1OC[C@H]2O. The zero-order valence-corrected chi connectivity index (χ0v) is 11.1. The van der Waals surface area contributed by atoms with Crippen molar-refractivity contribution in [3.05, 3.63) is 35.4 Å². The number of halogens is 2. The molecule has 114 valence electrons. The number of aliphatic hydroxyl groups is 1. The van der Waals surface area contributed by atoms with Crippen LogP contribution >= 0.6 is 0 Å². The summed E-state index contributed by atoms with van der Waals surface area (Å²) in [6.07, 6.45) is -1.52. The van der Waals surface area contributed by atoms with Crippen molar-refractivity contribution in [2.24, 2.45) is 0 Å². The molecule has 2 fully saturated rings. The number of ether oxygens (including phenoxy) is 2. The summed E-state index contributed by atoms with van der Waals surface area (Å²) in [6.45, 7) is 0.445. The standard InChI is InChI=1S/C14H15F2NO4/c15-8-2-1-7(3-9(8)16)4-12(19)17-10-5-20-14-11(18)6-21-13(10)14/h1-3,10-11,13-14,18H,4-6H2,(H,17,19)/t10-,11+,13+,14+/m0/s1. The summed E-state index contributed by atoms with van der Waals surface area (Å²) in [4.78, 5) is 11.9. The Kier molecular flexibility index (Phi) is 3.88. The van der Waals surface area contributed by atoms with Crippen molar-refractivity contribution in [2.45, 2.75) is 30.8 Å². The summed E-state index contributed by atoms with van der Waals surface area (Å²) in [7, 11) is 0. The van der Waals surface area contributed by atoms with Gasteiger partial charge in [0.15, 0.2) is 11.6 Å². The van der Waals surface area contributed by atoms with Crippen molar-refractivity contribution in [1.82, 2.24) is 5.32 Å². The van der Waals surface area contributed by atoms with Crippen LogP contribution in [0.5, 0.6) is 0 Å². The van der Waals surface area contributed by atoms with E-state index in [0.717, 1.165) is 12.1 Å². The lowest BCUT2D eigenvalue weighted by Gasteiger charge is -2.17. The van der Waals surface area contributed by atoms with Crippen LogP contribution in [0.25, 0.3) is 0 Å². The maximum atomic E-state index is 13.1. The lowest BCUT2D eigenvalue weighted by Crippen LogP contribution is -2.44. The van der Waals surface area contributed by atoms with Gasteiger partial charge in [-0.15, -0.1) is 0 Å². The molecule has 2 saturated heterocycles. The summed E-state index contributed by atoms with van der Waals surface area (Å²) in [5.41, 5.74) is 0.384. The molecule has 2 N–H and O–H groups in total. The van der Waals surface area contributed by atoms with Crippen LogP contribution in [-0.4, -0.2) is 48.6 Å². The van der Waals surface area contributed by atoms with Crippen molar-refractivity contribution >= 4 is 5.91 Å². The molecule has 21 heavy (non-hydrogen) atoms. The van der Waals surface area contributed by atoms with Crippen molar-refractivity contribution < 1.29 is 28.2 Å². The fraction of sp³-hybridized carbons (Fsp3) is 0.500. The van der Waals surface area contributed by atoms with Crippen LogP contribution in [0.3, 0.4) is 0 Å². The zero-order chi connectivity index (χ0) is 15.0. The van der Waals surface area contributed by atoms with Crippen LogP contribution in [-0.2, 0) is 20.7 Å². The van der Waals surface area contributed by atoms with Gasteiger partial charge in [-0.05, 0) is 17.7 Å². The number of nitrogens with one attached hydrogen (secondary N) is 1. The topological polar surface area (TPSA) is 67.8 Å². The minimum Gasteiger partial charge on any atom is -0.388 e. The van der Waals surface area contributed by atoms with Gasteiger partial charge in [-0.2, -0.15) is 0 Å². The van der Waals surface area contributed by atoms with E-state index in [1.54, 1.807) is 0 Å². The van der Waals surface area contributed by atoms with E-state index in [0.29, 0.717) is 5.56 Å². The first kappa shape index (κ1) is 14.4. The fourth-order valence-corrected chi connectivity index (χ4v) is 2.70. The van der Waals surface area contributed by atoms with E-state index in [2.05, 4.69) is 5.32 Å². The van der Waals surface area contributed by atoms with Crippen LogP contribution in [0.15, 0.2) is 18.2 Å². The van der Waals surface area contributed by atoms with Crippen LogP contribution < -0.4 is 5.32 Å². The van der Waals surface area contributed by atoms with Gasteiger partial charge in [-0.1, -0.05) is 6.07 Å². The fourth-order valence-electron chi connectivity index (χ4n) is 2.70. The van der Waals surface area contributed by atoms with Gasteiger partial charge in [0.1, 0.15) is 18.3 Å². The monoisotopic (exact) mass is 299 g/mol. The van der Waals surface area contributed by atoms with Crippen molar-refractivity contribution in [1.29, 1.82) is 0 Å². The molecule has 1 aromatic carbocycles. The first-order valence-electron chi connectivity index (χ1n) is 6.69. The van der Waals surface area contributed by atoms with Crippen molar-refractivity contribution in [3.8, 4) is 0 Å². The second kappa shape index (κ2) is 5.67. The molecule has 0 aliphatic carbocycles. The second-order valence-corrected chi connectivity index (χ2v) is 5.26. The van der Waals surface area contributed by atoms with Gasteiger partial charge in [0, 0.05) is 0 Å². The Morgan fingerprint density at radius 3 is 2.76 bits per heavy atom. The van der Waals surface area contributed by atoms with Crippen molar-refractivity contribution in [3.63, 3.8) is 0 Å². The highest BCUT2D eigenvalue weighted by atomic mass is 19.2. The molecule has 2 aliphatic heterocycles. The summed E-state index contributed by atoms with van der Waals surface area (Å²) in [5, 5.41) is 12.3.